The number of halogens is 1. The average molecular weight is 257 g/mol. The van der Waals surface area contributed by atoms with Gasteiger partial charge in [-0.05, 0) is 23.3 Å². The van der Waals surface area contributed by atoms with Crippen molar-refractivity contribution in [2.24, 2.45) is 0 Å². The lowest BCUT2D eigenvalue weighted by molar-refractivity contribution is 0.394. The first-order valence-corrected chi connectivity index (χ1v) is 6.35. The highest BCUT2D eigenvalue weighted by Gasteiger charge is 2.37. The van der Waals surface area contributed by atoms with Crippen LogP contribution >= 0.6 is 11.6 Å². The van der Waals surface area contributed by atoms with E-state index in [4.69, 9.17) is 16.3 Å². The minimum absolute atomic E-state index is 0.183. The van der Waals surface area contributed by atoms with Gasteiger partial charge in [-0.15, -0.1) is 0 Å². The first-order chi connectivity index (χ1) is 8.83. The molecule has 2 aromatic carbocycles. The van der Waals surface area contributed by atoms with Gasteiger partial charge >= 0.3 is 0 Å². The van der Waals surface area contributed by atoms with Gasteiger partial charge in [0.1, 0.15) is 12.2 Å². The molecule has 0 aromatic heterocycles. The molecule has 1 nitrogen and oxygen atoms in total. The summed E-state index contributed by atoms with van der Waals surface area (Å²) in [7, 11) is 0. The zero-order chi connectivity index (χ0) is 12.4. The van der Waals surface area contributed by atoms with Crippen LogP contribution < -0.4 is 0 Å². The highest BCUT2D eigenvalue weighted by atomic mass is 35.5. The maximum absolute atomic E-state index is 5.86. The summed E-state index contributed by atoms with van der Waals surface area (Å²) in [6.07, 6.45) is 4.57. The maximum atomic E-state index is 5.86. The van der Waals surface area contributed by atoms with E-state index in [9.17, 15) is 0 Å². The molecule has 1 heterocycles. The first-order valence-electron chi connectivity index (χ1n) is 5.97. The largest absolute Gasteiger partial charge is 0.360 e. The van der Waals surface area contributed by atoms with Gasteiger partial charge < -0.3 is 4.74 Å². The Hall–Kier alpha value is -1.57. The van der Waals surface area contributed by atoms with E-state index >= 15 is 0 Å². The lowest BCUT2D eigenvalue weighted by Gasteiger charge is -1.94. The van der Waals surface area contributed by atoms with Crippen molar-refractivity contribution in [1.82, 2.24) is 0 Å². The molecule has 90 valence electrons. The zero-order valence-electron chi connectivity index (χ0n) is 9.79. The van der Waals surface area contributed by atoms with E-state index in [1.807, 2.05) is 42.5 Å². The van der Waals surface area contributed by atoms with Gasteiger partial charge in [0, 0.05) is 5.02 Å². The van der Waals surface area contributed by atoms with Gasteiger partial charge in [0.2, 0.25) is 0 Å². The first kappa shape index (κ1) is 11.5. The summed E-state index contributed by atoms with van der Waals surface area (Å²) in [6, 6.07) is 18.1. The summed E-state index contributed by atoms with van der Waals surface area (Å²) in [4.78, 5) is 0. The standard InChI is InChI=1S/C16H13ClO/c17-14-9-7-13(8-10-14)16-15(18-16)11-6-12-4-2-1-3-5-12/h1-11,15-16H/b11-6+. The fourth-order valence-electron chi connectivity index (χ4n) is 1.96. The summed E-state index contributed by atoms with van der Waals surface area (Å²) < 4.78 is 5.63. The summed E-state index contributed by atoms with van der Waals surface area (Å²) in [5.41, 5.74) is 2.38. The summed E-state index contributed by atoms with van der Waals surface area (Å²) >= 11 is 5.86. The van der Waals surface area contributed by atoms with Crippen molar-refractivity contribution in [3.05, 3.63) is 76.8 Å². The molecule has 2 unspecified atom stereocenters. The summed E-state index contributed by atoms with van der Waals surface area (Å²) in [5, 5.41) is 0.760. The second kappa shape index (κ2) is 4.97. The van der Waals surface area contributed by atoms with E-state index in [-0.39, 0.29) is 12.2 Å². The Kier molecular flexibility index (Phi) is 3.18. The van der Waals surface area contributed by atoms with E-state index in [0.717, 1.165) is 5.02 Å². The van der Waals surface area contributed by atoms with E-state index in [2.05, 4.69) is 24.3 Å². The Morgan fingerprint density at radius 1 is 0.944 bits per heavy atom. The van der Waals surface area contributed by atoms with E-state index in [1.165, 1.54) is 11.1 Å². The Morgan fingerprint density at radius 3 is 2.39 bits per heavy atom. The molecule has 0 saturated carbocycles. The van der Waals surface area contributed by atoms with Crippen molar-refractivity contribution in [1.29, 1.82) is 0 Å². The van der Waals surface area contributed by atoms with Gasteiger partial charge in [-0.25, -0.2) is 0 Å². The number of epoxide rings is 1. The molecule has 0 radical (unpaired) electrons. The molecular formula is C16H13ClO. The van der Waals surface area contributed by atoms with Crippen LogP contribution in [0.5, 0.6) is 0 Å². The van der Waals surface area contributed by atoms with E-state index < -0.39 is 0 Å². The number of benzene rings is 2. The van der Waals surface area contributed by atoms with Crippen LogP contribution in [0.15, 0.2) is 60.7 Å². The molecule has 1 aliphatic heterocycles. The molecule has 0 bridgehead atoms. The van der Waals surface area contributed by atoms with Gasteiger partial charge in [0.15, 0.2) is 0 Å². The zero-order valence-corrected chi connectivity index (χ0v) is 10.5. The summed E-state index contributed by atoms with van der Waals surface area (Å²) in [6.45, 7) is 0. The highest BCUT2D eigenvalue weighted by Crippen LogP contribution is 2.40. The van der Waals surface area contributed by atoms with Gasteiger partial charge in [0.05, 0.1) is 0 Å². The van der Waals surface area contributed by atoms with Crippen LogP contribution in [-0.4, -0.2) is 6.10 Å². The molecule has 18 heavy (non-hydrogen) atoms. The molecular weight excluding hydrogens is 244 g/mol. The highest BCUT2D eigenvalue weighted by molar-refractivity contribution is 6.30. The summed E-state index contributed by atoms with van der Waals surface area (Å²) in [5.74, 6) is 0. The van der Waals surface area contributed by atoms with Crippen molar-refractivity contribution in [2.45, 2.75) is 12.2 Å². The molecule has 0 spiro atoms. The monoisotopic (exact) mass is 256 g/mol. The fraction of sp³-hybridized carbons (Fsp3) is 0.125. The molecule has 2 atom stereocenters. The molecule has 0 N–H and O–H groups in total. The van der Waals surface area contributed by atoms with Crippen molar-refractivity contribution in [3.63, 3.8) is 0 Å². The maximum Gasteiger partial charge on any atom is 0.113 e. The quantitative estimate of drug-likeness (QED) is 0.737. The van der Waals surface area contributed by atoms with Gasteiger partial charge in [-0.1, -0.05) is 66.2 Å². The van der Waals surface area contributed by atoms with Gasteiger partial charge in [-0.2, -0.15) is 0 Å². The number of hydrogen-bond acceptors (Lipinski definition) is 1. The van der Waals surface area contributed by atoms with Crippen LogP contribution in [0.3, 0.4) is 0 Å². The number of ether oxygens (including phenoxy) is 1. The van der Waals surface area contributed by atoms with Crippen LogP contribution in [0.1, 0.15) is 17.2 Å². The Morgan fingerprint density at radius 2 is 1.67 bits per heavy atom. The molecule has 2 heteroatoms. The van der Waals surface area contributed by atoms with E-state index in [1.54, 1.807) is 0 Å². The number of hydrogen-bond donors (Lipinski definition) is 0. The molecule has 0 amide bonds. The fourth-order valence-corrected chi connectivity index (χ4v) is 2.09. The molecule has 1 saturated heterocycles. The number of rotatable bonds is 3. The predicted octanol–water partition coefficient (Wildman–Crippen LogP) is 4.49. The Labute approximate surface area is 112 Å². The van der Waals surface area contributed by atoms with Crippen LogP contribution in [0.4, 0.5) is 0 Å². The van der Waals surface area contributed by atoms with Crippen LogP contribution in [0, 0.1) is 0 Å². The Balaban J connectivity index is 1.65. The minimum Gasteiger partial charge on any atom is -0.360 e. The van der Waals surface area contributed by atoms with Crippen molar-refractivity contribution >= 4 is 17.7 Å². The van der Waals surface area contributed by atoms with Crippen molar-refractivity contribution in [2.75, 3.05) is 0 Å². The predicted molar refractivity (Wildman–Crippen MR) is 74.5 cm³/mol. The second-order valence-electron chi connectivity index (χ2n) is 4.34. The molecule has 3 rings (SSSR count). The Bertz CT molecular complexity index is 545. The van der Waals surface area contributed by atoms with Crippen molar-refractivity contribution in [3.8, 4) is 0 Å². The SMILES string of the molecule is Clc1ccc(C2OC2/C=C/c2ccccc2)cc1. The molecule has 2 aromatic rings. The van der Waals surface area contributed by atoms with Gasteiger partial charge in [0.25, 0.3) is 0 Å². The second-order valence-corrected chi connectivity index (χ2v) is 4.78. The lowest BCUT2D eigenvalue weighted by atomic mass is 10.1. The molecule has 1 fully saturated rings. The lowest BCUT2D eigenvalue weighted by Crippen LogP contribution is -1.84. The normalized spacial score (nSPS) is 22.3. The van der Waals surface area contributed by atoms with Gasteiger partial charge in [-0.3, -0.25) is 0 Å². The van der Waals surface area contributed by atoms with Crippen molar-refractivity contribution < 1.29 is 4.74 Å². The third-order valence-electron chi connectivity index (χ3n) is 3.00. The molecule has 0 aliphatic carbocycles. The van der Waals surface area contributed by atoms with E-state index in [0.29, 0.717) is 0 Å². The smallest absolute Gasteiger partial charge is 0.113 e. The van der Waals surface area contributed by atoms with Crippen LogP contribution in [-0.2, 0) is 4.74 Å². The minimum atomic E-state index is 0.183. The third-order valence-corrected chi connectivity index (χ3v) is 3.25. The average Bonchev–Trinajstić information content (AvgIpc) is 3.18. The van der Waals surface area contributed by atoms with Crippen LogP contribution in [0.25, 0.3) is 6.08 Å². The molecule has 1 aliphatic rings. The third kappa shape index (κ3) is 2.63. The van der Waals surface area contributed by atoms with Crippen LogP contribution in [0.2, 0.25) is 5.02 Å². The topological polar surface area (TPSA) is 12.5 Å².